The van der Waals surface area contributed by atoms with Crippen LogP contribution in [0.4, 0.5) is 0 Å². The Morgan fingerprint density at radius 1 is 0.700 bits per heavy atom. The number of carbonyl (C=O) groups excluding carboxylic acids is 6. The van der Waals surface area contributed by atoms with Gasteiger partial charge in [0.1, 0.15) is 5.78 Å². The number of Topliss-reactive ketones (excluding diaryl/α,β-unsaturated/α-hetero) is 1. The van der Waals surface area contributed by atoms with Crippen molar-refractivity contribution in [1.29, 1.82) is 0 Å². The predicted molar refractivity (Wildman–Crippen MR) is 177 cm³/mol. The Kier molecular flexibility index (Phi) is 15.2. The van der Waals surface area contributed by atoms with E-state index in [2.05, 4.69) is 5.32 Å². The lowest BCUT2D eigenvalue weighted by molar-refractivity contribution is -0.197. The number of imide groups is 1. The second kappa shape index (κ2) is 18.8. The zero-order chi connectivity index (χ0) is 36.9. The number of rotatable bonds is 20. The van der Waals surface area contributed by atoms with Gasteiger partial charge in [-0.05, 0) is 35.1 Å². The summed E-state index contributed by atoms with van der Waals surface area (Å²) in [6, 6.07) is 12.6. The average Bonchev–Trinajstić information content (AvgIpc) is 3.33. The number of nitrogens with zero attached hydrogens (tertiary/aromatic N) is 2. The first-order valence-corrected chi connectivity index (χ1v) is 19.4. The van der Waals surface area contributed by atoms with Gasteiger partial charge in [0.05, 0.1) is 18.7 Å². The summed E-state index contributed by atoms with van der Waals surface area (Å²) in [6.07, 6.45) is -0.653. The van der Waals surface area contributed by atoms with Gasteiger partial charge in [0, 0.05) is 58.2 Å². The molecule has 16 nitrogen and oxygen atoms in total. The number of nitrogens with one attached hydrogen (secondary N) is 1. The van der Waals surface area contributed by atoms with Crippen molar-refractivity contribution in [3.8, 4) is 0 Å². The topological polar surface area (TPSA) is 245 Å². The molecule has 0 aliphatic carbocycles. The Bertz CT molecular complexity index is 1530. The van der Waals surface area contributed by atoms with Crippen molar-refractivity contribution in [3.63, 3.8) is 0 Å². The number of ketones is 1. The number of hydroxylamine groups is 2. The minimum atomic E-state index is -4.23. The molecule has 0 radical (unpaired) electrons. The van der Waals surface area contributed by atoms with Crippen LogP contribution in [0.3, 0.4) is 0 Å². The van der Waals surface area contributed by atoms with Crippen LogP contribution in [-0.2, 0) is 67.9 Å². The zero-order valence-corrected chi connectivity index (χ0v) is 29.1. The quantitative estimate of drug-likeness (QED) is 0.0964. The molecule has 1 heterocycles. The maximum atomic E-state index is 13.1. The molecule has 1 aliphatic rings. The largest absolute Gasteiger partial charge is 0.354 e. The highest BCUT2D eigenvalue weighted by atomic mass is 31.2. The molecule has 0 bridgehead atoms. The molecule has 5 N–H and O–H groups in total. The molecule has 2 aromatic carbocycles. The van der Waals surface area contributed by atoms with E-state index in [0.717, 1.165) is 0 Å². The molecule has 0 atom stereocenters. The highest BCUT2D eigenvalue weighted by Gasteiger charge is 2.32. The van der Waals surface area contributed by atoms with Crippen LogP contribution in [0.25, 0.3) is 0 Å². The molecular weight excluding hydrogens is 696 g/mol. The Labute approximate surface area is 288 Å². The average molecular weight is 738 g/mol. The zero-order valence-electron chi connectivity index (χ0n) is 27.3. The Balaban J connectivity index is 1.50. The molecule has 1 aliphatic heterocycles. The molecule has 18 heteroatoms. The van der Waals surface area contributed by atoms with E-state index in [-0.39, 0.29) is 88.6 Å². The van der Waals surface area contributed by atoms with Gasteiger partial charge in [-0.2, -0.15) is 0 Å². The van der Waals surface area contributed by atoms with E-state index in [9.17, 15) is 37.9 Å². The third kappa shape index (κ3) is 15.2. The van der Waals surface area contributed by atoms with Crippen molar-refractivity contribution in [2.45, 2.75) is 70.1 Å². The van der Waals surface area contributed by atoms with Crippen LogP contribution in [-0.4, -0.2) is 84.6 Å². The second-order valence-electron chi connectivity index (χ2n) is 11.9. The van der Waals surface area contributed by atoms with E-state index in [4.69, 9.17) is 24.4 Å². The van der Waals surface area contributed by atoms with Gasteiger partial charge in [0.15, 0.2) is 0 Å². The molecule has 0 saturated carbocycles. The molecule has 1 saturated heterocycles. The van der Waals surface area contributed by atoms with E-state index in [1.807, 2.05) is 0 Å². The fourth-order valence-corrected chi connectivity index (χ4v) is 6.44. The monoisotopic (exact) mass is 737 g/mol. The summed E-state index contributed by atoms with van der Waals surface area (Å²) in [5, 5.41) is 3.16. The summed E-state index contributed by atoms with van der Waals surface area (Å²) in [6.45, 7) is 0.350. The first-order valence-electron chi connectivity index (χ1n) is 15.8. The smallest absolute Gasteiger partial charge is 0.333 e. The highest BCUT2D eigenvalue weighted by molar-refractivity contribution is 7.51. The third-order valence-electron chi connectivity index (χ3n) is 7.50. The molecule has 4 amide bonds. The minimum absolute atomic E-state index is 0.0108. The fourth-order valence-electron chi connectivity index (χ4n) is 5.07. The van der Waals surface area contributed by atoms with Crippen LogP contribution < -0.4 is 5.32 Å². The molecule has 0 spiro atoms. The Morgan fingerprint density at radius 3 is 1.72 bits per heavy atom. The maximum Gasteiger partial charge on any atom is 0.333 e. The first kappa shape index (κ1) is 40.4. The van der Waals surface area contributed by atoms with Gasteiger partial charge >= 0.3 is 21.2 Å². The van der Waals surface area contributed by atoms with Crippen LogP contribution >= 0.6 is 15.2 Å². The lowest BCUT2D eigenvalue weighted by atomic mass is 10.0. The van der Waals surface area contributed by atoms with Crippen LogP contribution in [0.2, 0.25) is 0 Å². The van der Waals surface area contributed by atoms with Gasteiger partial charge in [-0.1, -0.05) is 48.5 Å². The highest BCUT2D eigenvalue weighted by Crippen LogP contribution is 2.39. The standard InChI is InChI=1S/C32H41N3O13P2/c36-27(19-23-6-10-25(11-7-23)21-49(42,43)44)3-2-17-34(29(38)4-1-5-32(41)48-35-30(39)14-15-31(35)40)18-16-33-28(37)20-24-8-12-26(13-9-24)22-50(45,46)47/h6-13H,1-5,14-22H2,(H,33,37)(H2,42,43,44)(H2,45,46,47). The van der Waals surface area contributed by atoms with Crippen molar-refractivity contribution < 1.29 is 62.3 Å². The van der Waals surface area contributed by atoms with Gasteiger partial charge in [0.2, 0.25) is 11.8 Å². The third-order valence-corrected chi connectivity index (χ3v) is 9.05. The fraction of sp³-hybridized carbons (Fsp3) is 0.438. The molecule has 0 aromatic heterocycles. The summed E-state index contributed by atoms with van der Waals surface area (Å²) in [4.78, 5) is 117. The van der Waals surface area contributed by atoms with E-state index in [1.165, 1.54) is 17.0 Å². The van der Waals surface area contributed by atoms with Gasteiger partial charge in [0.25, 0.3) is 11.8 Å². The van der Waals surface area contributed by atoms with Gasteiger partial charge < -0.3 is 34.6 Å². The van der Waals surface area contributed by atoms with Crippen molar-refractivity contribution in [1.82, 2.24) is 15.3 Å². The van der Waals surface area contributed by atoms with Crippen molar-refractivity contribution >= 4 is 50.6 Å². The summed E-state index contributed by atoms with van der Waals surface area (Å²) in [5.41, 5.74) is 2.15. The van der Waals surface area contributed by atoms with E-state index in [0.29, 0.717) is 33.7 Å². The molecule has 272 valence electrons. The molecule has 2 aromatic rings. The Morgan fingerprint density at radius 2 is 1.20 bits per heavy atom. The van der Waals surface area contributed by atoms with Crippen LogP contribution in [0.5, 0.6) is 0 Å². The number of benzene rings is 2. The summed E-state index contributed by atoms with van der Waals surface area (Å²) in [7, 11) is -8.44. The lowest BCUT2D eigenvalue weighted by Gasteiger charge is -2.23. The van der Waals surface area contributed by atoms with Gasteiger partial charge in [-0.25, -0.2) is 4.79 Å². The maximum absolute atomic E-state index is 13.1. The number of hydrogen-bond acceptors (Lipinski definition) is 9. The first-order chi connectivity index (χ1) is 23.5. The SMILES string of the molecule is O=C(CCCN(CCNC(=O)Cc1ccc(CP(=O)(O)O)cc1)C(=O)CCCC(=O)ON1C(=O)CCC1=O)Cc1ccc(CP(=O)(O)O)cc1. The molecule has 3 rings (SSSR count). The summed E-state index contributed by atoms with van der Waals surface area (Å²) >= 11 is 0. The number of hydrogen-bond donors (Lipinski definition) is 5. The molecule has 1 fully saturated rings. The minimum Gasteiger partial charge on any atom is -0.354 e. The van der Waals surface area contributed by atoms with Crippen molar-refractivity contribution in [2.24, 2.45) is 0 Å². The van der Waals surface area contributed by atoms with Crippen molar-refractivity contribution in [2.75, 3.05) is 19.6 Å². The number of amides is 4. The molecule has 50 heavy (non-hydrogen) atoms. The van der Waals surface area contributed by atoms with E-state index in [1.54, 1.807) is 36.4 Å². The van der Waals surface area contributed by atoms with Crippen LogP contribution in [0.15, 0.2) is 48.5 Å². The van der Waals surface area contributed by atoms with Crippen LogP contribution in [0.1, 0.15) is 67.2 Å². The van der Waals surface area contributed by atoms with Crippen molar-refractivity contribution in [3.05, 3.63) is 70.8 Å². The van der Waals surface area contributed by atoms with Crippen LogP contribution in [0, 0.1) is 0 Å². The summed E-state index contributed by atoms with van der Waals surface area (Å²) in [5.74, 6) is -2.89. The molecular formula is C32H41N3O13P2. The van der Waals surface area contributed by atoms with E-state index < -0.39 is 45.3 Å². The van der Waals surface area contributed by atoms with E-state index >= 15 is 0 Å². The molecule has 0 unspecified atom stereocenters. The lowest BCUT2D eigenvalue weighted by Crippen LogP contribution is -2.39. The predicted octanol–water partition coefficient (Wildman–Crippen LogP) is 1.90. The number of carbonyl (C=O) groups is 6. The summed E-state index contributed by atoms with van der Waals surface area (Å²) < 4.78 is 22.4. The van der Waals surface area contributed by atoms with Gasteiger partial charge in [-0.3, -0.25) is 33.1 Å². The second-order valence-corrected chi connectivity index (χ2v) is 15.2. The van der Waals surface area contributed by atoms with Gasteiger partial charge in [-0.15, -0.1) is 5.06 Å². The normalized spacial score (nSPS) is 13.3. The Hall–Kier alpha value is -4.04.